The Morgan fingerprint density at radius 3 is 1.12 bits per heavy atom. The van der Waals surface area contributed by atoms with Crippen molar-refractivity contribution in [2.24, 2.45) is 23.7 Å². The van der Waals surface area contributed by atoms with Gasteiger partial charge in [0.2, 0.25) is 17.7 Å². The molecule has 3 unspecified atom stereocenters. The molecule has 3 aromatic carbocycles. The Bertz CT molecular complexity index is 3590. The van der Waals surface area contributed by atoms with Crippen LogP contribution in [0.5, 0.6) is 0 Å². The van der Waals surface area contributed by atoms with E-state index in [1.54, 1.807) is 18.6 Å². The summed E-state index contributed by atoms with van der Waals surface area (Å²) in [6.45, 7) is 14.7. The van der Waals surface area contributed by atoms with Crippen LogP contribution in [0.3, 0.4) is 0 Å². The molecule has 18 heteroatoms. The number of ether oxygens (including phenoxy) is 2. The highest BCUT2D eigenvalue weighted by Crippen LogP contribution is 2.41. The van der Waals surface area contributed by atoms with Crippen molar-refractivity contribution in [2.75, 3.05) is 88.1 Å². The van der Waals surface area contributed by atoms with Gasteiger partial charge >= 0.3 is 0 Å². The number of hydrogen-bond donors (Lipinski definition) is 6. The van der Waals surface area contributed by atoms with Gasteiger partial charge in [-0.1, -0.05) is 53.1 Å². The second-order valence-corrected chi connectivity index (χ2v) is 29.9. The molecular weight excluding hydrogens is 1200 g/mol. The molecule has 18 nitrogen and oxygen atoms in total. The van der Waals surface area contributed by atoms with E-state index >= 15 is 0 Å². The van der Waals surface area contributed by atoms with Gasteiger partial charge in [0.1, 0.15) is 23.2 Å². The molecule has 15 rings (SSSR count). The lowest BCUT2D eigenvalue weighted by Gasteiger charge is -2.47. The number of anilines is 3. The Morgan fingerprint density at radius 1 is 0.417 bits per heavy atom. The molecule has 6 N–H and O–H groups in total. The average molecular weight is 1310 g/mol. The Morgan fingerprint density at radius 2 is 0.781 bits per heavy atom. The number of amides is 3. The molecule has 0 bridgehead atoms. The molecule has 5 saturated heterocycles. The van der Waals surface area contributed by atoms with E-state index < -0.39 is 0 Å². The Balaban J connectivity index is 0.000000130. The molecule has 4 aliphatic carbocycles. The summed E-state index contributed by atoms with van der Waals surface area (Å²) in [6, 6.07) is 27.7. The highest BCUT2D eigenvalue weighted by atomic mass is 16.5. The first-order chi connectivity index (χ1) is 46.9. The quantitative estimate of drug-likeness (QED) is 0.0473. The van der Waals surface area contributed by atoms with Gasteiger partial charge in [-0.3, -0.25) is 33.9 Å². The van der Waals surface area contributed by atoms with Gasteiger partial charge in [-0.2, -0.15) is 0 Å². The second-order valence-electron chi connectivity index (χ2n) is 29.9. The Hall–Kier alpha value is -6.83. The number of benzene rings is 3. The lowest BCUT2D eigenvalue weighted by molar-refractivity contribution is -0.123. The average Bonchev–Trinajstić information content (AvgIpc) is 1.03. The second kappa shape index (κ2) is 32.2. The van der Waals surface area contributed by atoms with E-state index in [4.69, 9.17) is 9.47 Å². The van der Waals surface area contributed by atoms with E-state index in [0.717, 1.165) is 139 Å². The first-order valence-corrected chi connectivity index (χ1v) is 37.0. The molecule has 514 valence electrons. The monoisotopic (exact) mass is 1310 g/mol. The number of aromatic nitrogens is 3. The van der Waals surface area contributed by atoms with Crippen LogP contribution >= 0.6 is 0 Å². The Kier molecular flexibility index (Phi) is 22.7. The minimum atomic E-state index is 0.0248. The van der Waals surface area contributed by atoms with Crippen molar-refractivity contribution < 1.29 is 28.7 Å². The molecule has 0 spiro atoms. The van der Waals surface area contributed by atoms with E-state index in [9.17, 15) is 19.2 Å². The van der Waals surface area contributed by atoms with Crippen molar-refractivity contribution in [1.82, 2.24) is 45.6 Å². The normalized spacial score (nSPS) is 27.0. The third-order valence-corrected chi connectivity index (χ3v) is 23.0. The van der Waals surface area contributed by atoms with Crippen molar-refractivity contribution in [1.29, 1.82) is 0 Å². The maximum atomic E-state index is 12.5. The standard InChI is InChI=1S/C27H36N4O2.C26H36N4O2.C25H34N4O2/c1-18-5-6-20-11-12-28-27(25(20)13-18)29-15-26(33)30-22-16-31(17-22)23-9-7-19(8-10-23)21-3-2-4-24(32)14-21;1-18-5-6-19-11-12-27-26(23(19)14-18)28-15-25(31)29-21-16-30(17-21)22-9-7-20(8-10-22)24-4-2-3-13-32-24;1-17-4-5-18-10-11-26-25(22(18)13-17)27-14-24(30)28-20-15-29(16-20)21-8-6-19(7-9-21)23-3-2-12-31-23/h5-6,11-13,19,21-23H,2-4,7-10,14-17H2,1H3,(H,28,29)(H,30,33);5-6,11-12,14,20-22,24H,2-4,7-10,13,15-17H2,1H3,(H,27,28)(H,29,31);4-5,10-11,13,19-21,23H,2-3,6-9,12,14-16H2,1H3,(H,26,27)(H,28,30). The fourth-order valence-electron chi connectivity index (χ4n) is 17.5. The maximum Gasteiger partial charge on any atom is 0.239 e. The van der Waals surface area contributed by atoms with E-state index in [-0.39, 0.29) is 55.5 Å². The third-order valence-electron chi connectivity index (χ3n) is 23.0. The van der Waals surface area contributed by atoms with Crippen LogP contribution in [0.2, 0.25) is 0 Å². The minimum Gasteiger partial charge on any atom is -0.378 e. The largest absolute Gasteiger partial charge is 0.378 e. The highest BCUT2D eigenvalue weighted by Gasteiger charge is 2.41. The summed E-state index contributed by atoms with van der Waals surface area (Å²) in [6.07, 6.45) is 32.0. The fraction of sp³-hybridized carbons (Fsp3) is 0.603. The molecule has 4 saturated carbocycles. The summed E-state index contributed by atoms with van der Waals surface area (Å²) in [5.74, 6) is 5.82. The first-order valence-electron chi connectivity index (χ1n) is 37.0. The number of aryl methyl sites for hydroxylation is 3. The maximum absolute atomic E-state index is 12.5. The van der Waals surface area contributed by atoms with Crippen LogP contribution < -0.4 is 31.9 Å². The summed E-state index contributed by atoms with van der Waals surface area (Å²) in [7, 11) is 0. The van der Waals surface area contributed by atoms with Crippen LogP contribution in [0.15, 0.2) is 91.4 Å². The van der Waals surface area contributed by atoms with Crippen LogP contribution in [0, 0.1) is 44.4 Å². The van der Waals surface area contributed by atoms with E-state index in [2.05, 4.69) is 137 Å². The predicted molar refractivity (Wildman–Crippen MR) is 382 cm³/mol. The van der Waals surface area contributed by atoms with Crippen LogP contribution in [-0.2, 0) is 28.7 Å². The number of carbonyl (C=O) groups is 4. The molecule has 0 radical (unpaired) electrons. The summed E-state index contributed by atoms with van der Waals surface area (Å²) >= 11 is 0. The van der Waals surface area contributed by atoms with Crippen molar-refractivity contribution in [3.8, 4) is 0 Å². The predicted octanol–water partition coefficient (Wildman–Crippen LogP) is 11.5. The molecule has 8 heterocycles. The topological polar surface area (TPSA) is 207 Å². The van der Waals surface area contributed by atoms with Crippen molar-refractivity contribution in [3.05, 3.63) is 108 Å². The SMILES string of the molecule is Cc1ccc2ccnc(NCC(=O)NC3CN(C4CCC(C5CCCC(=O)C5)CC4)C3)c2c1.Cc1ccc2ccnc(NCC(=O)NC3CN(C4CCC(C5CCCCO5)CC4)C3)c2c1.Cc1ccc2ccnc(NCC(=O)NC3CN(C4CCC(C5CCCO5)CC4)C3)c2c1. The van der Waals surface area contributed by atoms with E-state index in [1.807, 2.05) is 18.2 Å². The van der Waals surface area contributed by atoms with Crippen molar-refractivity contribution in [2.45, 2.75) is 204 Å². The molecule has 9 aliphatic rings. The van der Waals surface area contributed by atoms with Gasteiger partial charge in [-0.25, -0.2) is 15.0 Å². The van der Waals surface area contributed by atoms with Crippen LogP contribution in [0.25, 0.3) is 32.3 Å². The summed E-state index contributed by atoms with van der Waals surface area (Å²) in [4.78, 5) is 70.2. The van der Waals surface area contributed by atoms with Crippen LogP contribution in [-0.4, -0.2) is 174 Å². The van der Waals surface area contributed by atoms with E-state index in [0.29, 0.717) is 42.0 Å². The van der Waals surface area contributed by atoms with Gasteiger partial charge in [0, 0.05) is 118 Å². The molecule has 96 heavy (non-hydrogen) atoms. The molecule has 6 aromatic rings. The molecule has 3 amide bonds. The molecule has 3 aromatic heterocycles. The van der Waals surface area contributed by atoms with Gasteiger partial charge in [0.05, 0.1) is 50.0 Å². The zero-order valence-corrected chi connectivity index (χ0v) is 57.3. The van der Waals surface area contributed by atoms with Gasteiger partial charge in [0.15, 0.2) is 0 Å². The number of rotatable bonds is 18. The van der Waals surface area contributed by atoms with Gasteiger partial charge < -0.3 is 41.4 Å². The number of fused-ring (bicyclic) bond motifs is 3. The summed E-state index contributed by atoms with van der Waals surface area (Å²) in [5, 5.41) is 25.8. The van der Waals surface area contributed by atoms with Crippen LogP contribution in [0.1, 0.15) is 152 Å². The molecule has 9 fully saturated rings. The van der Waals surface area contributed by atoms with Crippen molar-refractivity contribution in [3.63, 3.8) is 0 Å². The zero-order chi connectivity index (χ0) is 65.9. The lowest BCUT2D eigenvalue weighted by Crippen LogP contribution is -2.63. The zero-order valence-electron chi connectivity index (χ0n) is 57.3. The molecule has 5 aliphatic heterocycles. The number of likely N-dealkylation sites (tertiary alicyclic amines) is 3. The fourth-order valence-corrected chi connectivity index (χ4v) is 17.5. The lowest BCUT2D eigenvalue weighted by atomic mass is 9.71. The Labute approximate surface area is 568 Å². The summed E-state index contributed by atoms with van der Waals surface area (Å²) in [5.41, 5.74) is 3.55. The number of nitrogens with zero attached hydrogens (tertiary/aromatic N) is 6. The summed E-state index contributed by atoms with van der Waals surface area (Å²) < 4.78 is 11.9. The highest BCUT2D eigenvalue weighted by molar-refractivity contribution is 5.96. The molecular formula is C78H106N12O6. The molecule has 3 atom stereocenters. The number of Topliss-reactive ketones (excluding diaryl/α,β-unsaturated/α-hetero) is 1. The first kappa shape index (κ1) is 67.7. The third kappa shape index (κ3) is 17.5. The van der Waals surface area contributed by atoms with Crippen molar-refractivity contribution >= 4 is 73.3 Å². The smallest absolute Gasteiger partial charge is 0.239 e. The number of nitrogens with one attached hydrogen (secondary N) is 6. The van der Waals surface area contributed by atoms with E-state index in [1.165, 1.54) is 132 Å². The number of pyridine rings is 3. The van der Waals surface area contributed by atoms with Gasteiger partial charge in [-0.15, -0.1) is 0 Å². The number of hydrogen-bond acceptors (Lipinski definition) is 15. The van der Waals surface area contributed by atoms with Crippen LogP contribution in [0.4, 0.5) is 17.5 Å². The minimum absolute atomic E-state index is 0.0248. The number of ketones is 1. The van der Waals surface area contributed by atoms with Gasteiger partial charge in [-0.05, 0) is 219 Å². The number of carbonyl (C=O) groups excluding carboxylic acids is 4. The van der Waals surface area contributed by atoms with Gasteiger partial charge in [0.25, 0.3) is 0 Å².